The van der Waals surface area contributed by atoms with E-state index in [1.54, 1.807) is 24.5 Å². The van der Waals surface area contributed by atoms with Gasteiger partial charge in [-0.05, 0) is 24.1 Å². The van der Waals surface area contributed by atoms with Crippen molar-refractivity contribution in [2.24, 2.45) is 5.73 Å². The third-order valence-electron chi connectivity index (χ3n) is 1.81. The average molecular weight is 259 g/mol. The van der Waals surface area contributed by atoms with Crippen LogP contribution in [-0.4, -0.2) is 31.7 Å². The Bertz CT molecular complexity index is 460. The van der Waals surface area contributed by atoms with Crippen molar-refractivity contribution >= 4 is 15.9 Å². The summed E-state index contributed by atoms with van der Waals surface area (Å²) in [5, 5.41) is 0. The highest BCUT2D eigenvalue weighted by Crippen LogP contribution is 1.99. The predicted molar refractivity (Wildman–Crippen MR) is 60.0 cm³/mol. The molecule has 94 valence electrons. The Morgan fingerprint density at radius 2 is 2.06 bits per heavy atom. The lowest BCUT2D eigenvalue weighted by molar-refractivity contribution is -0.123. The highest BCUT2D eigenvalue weighted by Gasteiger charge is 2.10. The van der Waals surface area contributed by atoms with Crippen molar-refractivity contribution in [2.75, 3.05) is 12.4 Å². The molecule has 0 unspecified atom stereocenters. The van der Waals surface area contributed by atoms with Gasteiger partial charge in [0.25, 0.3) is 0 Å². The van der Waals surface area contributed by atoms with Crippen LogP contribution in [0.2, 0.25) is 0 Å². The van der Waals surface area contributed by atoms with E-state index in [1.165, 1.54) is 0 Å². The van der Waals surface area contributed by atoms with Gasteiger partial charge in [0.1, 0.15) is 6.61 Å². The fraction of sp³-hybridized carbons (Fsp3) is 0.333. The molecule has 0 saturated heterocycles. The van der Waals surface area contributed by atoms with Gasteiger partial charge in [0.2, 0.25) is 15.9 Å². The van der Waals surface area contributed by atoms with Gasteiger partial charge in [-0.25, -0.2) is 8.42 Å². The van der Waals surface area contributed by atoms with Crippen LogP contribution in [0.25, 0.3) is 0 Å². The number of aromatic nitrogens is 1. The van der Waals surface area contributed by atoms with Crippen LogP contribution in [-0.2, 0) is 26.1 Å². The molecule has 1 aromatic heterocycles. The summed E-state index contributed by atoms with van der Waals surface area (Å²) in [7, 11) is -3.58. The number of pyridine rings is 1. The Kier molecular flexibility index (Phi) is 5.01. The summed E-state index contributed by atoms with van der Waals surface area (Å²) in [4.78, 5) is 20.4. The molecule has 0 fully saturated rings. The number of carbonyl (C=O) groups excluding carboxylic acids is 1. The molecule has 0 spiro atoms. The number of rotatable bonds is 7. The average Bonchev–Trinajstić information content (AvgIpc) is 2.27. The number of aryl methyl sites for hydroxylation is 1. The topological polar surface area (TPSA) is 111 Å². The zero-order chi connectivity index (χ0) is 12.7. The molecule has 17 heavy (non-hydrogen) atoms. The number of hydrogen-bond donors (Lipinski definition) is 2. The summed E-state index contributed by atoms with van der Waals surface area (Å²) < 4.78 is 22.8. The van der Waals surface area contributed by atoms with E-state index in [0.717, 1.165) is 5.56 Å². The van der Waals surface area contributed by atoms with E-state index in [9.17, 15) is 13.2 Å². The number of nitrogens with zero attached hydrogens (tertiary/aromatic N) is 1. The largest absolute Gasteiger partial charge is 0.368 e. The van der Waals surface area contributed by atoms with Crippen LogP contribution in [0.1, 0.15) is 5.56 Å². The highest BCUT2D eigenvalue weighted by atomic mass is 32.2. The number of primary amides is 1. The molecule has 0 bridgehead atoms. The summed E-state index contributed by atoms with van der Waals surface area (Å²) in [5.41, 5.74) is 5.63. The molecule has 1 heterocycles. The van der Waals surface area contributed by atoms with Crippen molar-refractivity contribution < 1.29 is 18.0 Å². The smallest absolute Gasteiger partial charge is 0.245 e. The summed E-state index contributed by atoms with van der Waals surface area (Å²) >= 11 is 0. The van der Waals surface area contributed by atoms with Gasteiger partial charge in [0.05, 0.1) is 5.75 Å². The van der Waals surface area contributed by atoms with Gasteiger partial charge in [-0.15, -0.1) is 0 Å². The van der Waals surface area contributed by atoms with Crippen molar-refractivity contribution in [2.45, 2.75) is 6.42 Å². The predicted octanol–water partition coefficient (Wildman–Crippen LogP) is -1.04. The lowest BCUT2D eigenvalue weighted by atomic mass is 10.2. The number of amides is 1. The van der Waals surface area contributed by atoms with Crippen LogP contribution in [0.3, 0.4) is 0 Å². The van der Waals surface area contributed by atoms with Gasteiger partial charge >= 0.3 is 0 Å². The van der Waals surface area contributed by atoms with Crippen molar-refractivity contribution in [3.8, 4) is 0 Å². The SMILES string of the molecule is NC(=O)CONS(=O)(=O)CCc1ccncc1. The maximum absolute atomic E-state index is 11.4. The molecular formula is C9H13N3O4S. The molecule has 0 atom stereocenters. The van der Waals surface area contributed by atoms with Gasteiger partial charge in [-0.1, -0.05) is 4.89 Å². The Hall–Kier alpha value is -1.51. The number of carbonyl (C=O) groups is 1. The van der Waals surface area contributed by atoms with Crippen molar-refractivity contribution in [3.05, 3.63) is 30.1 Å². The first-order valence-electron chi connectivity index (χ1n) is 4.78. The zero-order valence-electron chi connectivity index (χ0n) is 9.00. The second-order valence-electron chi connectivity index (χ2n) is 3.26. The maximum atomic E-state index is 11.4. The number of sulfonamides is 1. The summed E-state index contributed by atoms with van der Waals surface area (Å²) in [6.07, 6.45) is 3.50. The highest BCUT2D eigenvalue weighted by molar-refractivity contribution is 7.89. The van der Waals surface area contributed by atoms with Crippen LogP contribution < -0.4 is 10.6 Å². The van der Waals surface area contributed by atoms with Crippen LogP contribution in [0.15, 0.2) is 24.5 Å². The summed E-state index contributed by atoms with van der Waals surface area (Å²) in [6.45, 7) is -0.492. The quantitative estimate of drug-likeness (QED) is 0.607. The molecule has 1 rings (SSSR count). The standard InChI is InChI=1S/C9H13N3O4S/c10-9(13)7-16-12-17(14,15)6-3-8-1-4-11-5-2-8/h1-2,4-5,12H,3,6-7H2,(H2,10,13). The van der Waals surface area contributed by atoms with E-state index in [2.05, 4.69) is 9.82 Å². The molecule has 7 nitrogen and oxygen atoms in total. The van der Waals surface area contributed by atoms with Gasteiger partial charge in [-0.2, -0.15) is 0 Å². The Morgan fingerprint density at radius 1 is 1.41 bits per heavy atom. The molecule has 8 heteroatoms. The first kappa shape index (κ1) is 13.6. The third-order valence-corrected chi connectivity index (χ3v) is 2.92. The number of hydrogen-bond acceptors (Lipinski definition) is 5. The molecule has 0 radical (unpaired) electrons. The summed E-state index contributed by atoms with van der Waals surface area (Å²) in [6, 6.07) is 3.44. The minimum atomic E-state index is -3.58. The van der Waals surface area contributed by atoms with E-state index in [-0.39, 0.29) is 5.75 Å². The fourth-order valence-corrected chi connectivity index (χ4v) is 1.86. The monoisotopic (exact) mass is 259 g/mol. The second-order valence-corrected chi connectivity index (χ2v) is 5.07. The molecule has 0 aromatic carbocycles. The minimum absolute atomic E-state index is 0.143. The van der Waals surface area contributed by atoms with Crippen LogP contribution >= 0.6 is 0 Å². The van der Waals surface area contributed by atoms with Gasteiger partial charge in [0, 0.05) is 12.4 Å². The molecule has 1 amide bonds. The first-order valence-corrected chi connectivity index (χ1v) is 6.43. The molecule has 0 aliphatic carbocycles. The molecule has 3 N–H and O–H groups in total. The van der Waals surface area contributed by atoms with E-state index in [4.69, 9.17) is 5.73 Å². The normalized spacial score (nSPS) is 11.3. The molecule has 0 aliphatic rings. The minimum Gasteiger partial charge on any atom is -0.368 e. The van der Waals surface area contributed by atoms with E-state index < -0.39 is 22.5 Å². The van der Waals surface area contributed by atoms with Crippen molar-refractivity contribution in [1.82, 2.24) is 9.87 Å². The molecular weight excluding hydrogens is 246 g/mol. The zero-order valence-corrected chi connectivity index (χ0v) is 9.81. The second kappa shape index (κ2) is 6.28. The number of nitrogens with one attached hydrogen (secondary N) is 1. The van der Waals surface area contributed by atoms with Gasteiger partial charge in [-0.3, -0.25) is 14.6 Å². The van der Waals surface area contributed by atoms with Gasteiger partial charge in [0.15, 0.2) is 0 Å². The Morgan fingerprint density at radius 3 is 2.65 bits per heavy atom. The number of nitrogens with two attached hydrogens (primary N) is 1. The summed E-state index contributed by atoms with van der Waals surface area (Å²) in [5.74, 6) is -0.891. The Balaban J connectivity index is 2.37. The molecule has 0 saturated carbocycles. The van der Waals surface area contributed by atoms with Crippen molar-refractivity contribution in [3.63, 3.8) is 0 Å². The van der Waals surface area contributed by atoms with E-state index in [1.807, 2.05) is 4.89 Å². The van der Waals surface area contributed by atoms with Crippen LogP contribution in [0.5, 0.6) is 0 Å². The van der Waals surface area contributed by atoms with E-state index in [0.29, 0.717) is 6.42 Å². The van der Waals surface area contributed by atoms with E-state index >= 15 is 0 Å². The van der Waals surface area contributed by atoms with Gasteiger partial charge < -0.3 is 5.73 Å². The van der Waals surface area contributed by atoms with Crippen molar-refractivity contribution in [1.29, 1.82) is 0 Å². The molecule has 1 aromatic rings. The first-order chi connectivity index (χ1) is 7.99. The Labute approximate surface area is 99.0 Å². The molecule has 0 aliphatic heterocycles. The lowest BCUT2D eigenvalue weighted by Gasteiger charge is -2.05. The fourth-order valence-electron chi connectivity index (χ4n) is 1.03. The lowest BCUT2D eigenvalue weighted by Crippen LogP contribution is -2.31. The van der Waals surface area contributed by atoms with Crippen LogP contribution in [0.4, 0.5) is 0 Å². The third kappa shape index (κ3) is 5.95. The maximum Gasteiger partial charge on any atom is 0.245 e. The van der Waals surface area contributed by atoms with Crippen LogP contribution in [0, 0.1) is 0 Å².